The van der Waals surface area contributed by atoms with Gasteiger partial charge < -0.3 is 14.6 Å². The average molecular weight is 390 g/mol. The molecule has 3 aliphatic rings. The summed E-state index contributed by atoms with van der Waals surface area (Å²) >= 11 is 0. The van der Waals surface area contributed by atoms with Crippen LogP contribution in [0.2, 0.25) is 0 Å². The maximum Gasteiger partial charge on any atom is 0.358 e. The Bertz CT molecular complexity index is 858. The quantitative estimate of drug-likeness (QED) is 0.753. The predicted octanol–water partition coefficient (Wildman–Crippen LogP) is 0.178. The average Bonchev–Trinajstić information content (AvgIpc) is 3.13. The van der Waals surface area contributed by atoms with Gasteiger partial charge in [0.05, 0.1) is 6.54 Å². The van der Waals surface area contributed by atoms with Crippen LogP contribution in [0.15, 0.2) is 18.2 Å². The molecule has 1 atom stereocenters. The first-order valence-electron chi connectivity index (χ1n) is 8.80. The Morgan fingerprint density at radius 2 is 1.93 bits per heavy atom. The molecule has 0 bridgehead atoms. The number of carboxylic acid groups (broad SMARTS) is 1. The maximum absolute atomic E-state index is 12.9. The zero-order valence-electron chi connectivity index (χ0n) is 14.8. The van der Waals surface area contributed by atoms with Gasteiger partial charge in [0, 0.05) is 18.5 Å². The molecule has 1 unspecified atom stereocenters. The van der Waals surface area contributed by atoms with E-state index in [2.05, 4.69) is 5.43 Å². The number of amides is 4. The first-order valence-corrected chi connectivity index (χ1v) is 8.80. The monoisotopic (exact) mass is 390 g/mol. The summed E-state index contributed by atoms with van der Waals surface area (Å²) in [6, 6.07) is 2.67. The van der Waals surface area contributed by atoms with Crippen molar-refractivity contribution in [2.75, 3.05) is 19.9 Å². The Morgan fingerprint density at radius 1 is 1.14 bits per heavy atom. The highest BCUT2D eigenvalue weighted by molar-refractivity contribution is 5.96. The zero-order chi connectivity index (χ0) is 19.8. The molecule has 2 fully saturated rings. The van der Waals surface area contributed by atoms with Gasteiger partial charge in [-0.25, -0.2) is 24.6 Å². The lowest BCUT2D eigenvalue weighted by atomic mass is 10.1. The minimum absolute atomic E-state index is 0.0317. The Kier molecular flexibility index (Phi) is 4.41. The molecule has 0 aliphatic carbocycles. The van der Waals surface area contributed by atoms with E-state index in [1.54, 1.807) is 6.07 Å². The molecule has 2 N–H and O–H groups in total. The van der Waals surface area contributed by atoms with E-state index in [0.717, 1.165) is 15.0 Å². The van der Waals surface area contributed by atoms with Gasteiger partial charge in [-0.1, -0.05) is 0 Å². The second kappa shape index (κ2) is 6.91. The van der Waals surface area contributed by atoms with Gasteiger partial charge in [0.1, 0.15) is 0 Å². The standard InChI is InChI=1S/C17H18N4O7/c22-14-5-7-19(17(26)21-11(16(24)25)2-1-6-20(14)21)18-15(23)10-3-4-12-13(8-10)28-9-27-12/h3-4,8,11H,1-2,5-7,9H2,(H,18,23)(H,24,25). The van der Waals surface area contributed by atoms with E-state index in [0.29, 0.717) is 17.9 Å². The minimum atomic E-state index is -1.20. The first kappa shape index (κ1) is 17.9. The molecular weight excluding hydrogens is 372 g/mol. The van der Waals surface area contributed by atoms with Crippen molar-refractivity contribution in [2.45, 2.75) is 25.3 Å². The number of ether oxygens (including phenoxy) is 2. The smallest absolute Gasteiger partial charge is 0.358 e. The molecule has 2 saturated heterocycles. The van der Waals surface area contributed by atoms with E-state index in [1.165, 1.54) is 12.1 Å². The van der Waals surface area contributed by atoms with E-state index in [4.69, 9.17) is 9.47 Å². The largest absolute Gasteiger partial charge is 0.480 e. The number of rotatable bonds is 3. The summed E-state index contributed by atoms with van der Waals surface area (Å²) < 4.78 is 10.4. The van der Waals surface area contributed by atoms with Gasteiger partial charge in [0.15, 0.2) is 17.5 Å². The Labute approximate surface area is 159 Å². The number of carboxylic acids is 1. The van der Waals surface area contributed by atoms with Gasteiger partial charge in [-0.3, -0.25) is 15.0 Å². The molecule has 0 saturated carbocycles. The van der Waals surface area contributed by atoms with Crippen molar-refractivity contribution in [3.05, 3.63) is 23.8 Å². The second-order valence-corrected chi connectivity index (χ2v) is 6.55. The van der Waals surface area contributed by atoms with Crippen LogP contribution >= 0.6 is 0 Å². The van der Waals surface area contributed by atoms with Crippen LogP contribution < -0.4 is 14.9 Å². The van der Waals surface area contributed by atoms with Crippen LogP contribution in [0, 0.1) is 0 Å². The number of carbonyl (C=O) groups is 4. The molecule has 3 aliphatic heterocycles. The van der Waals surface area contributed by atoms with Gasteiger partial charge in [-0.2, -0.15) is 0 Å². The molecule has 3 heterocycles. The SMILES string of the molecule is O=C(NN1CCC(=O)N2CCCC(C(=O)O)N2C1=O)c1ccc2c(c1)OCO2. The molecule has 0 aromatic heterocycles. The summed E-state index contributed by atoms with van der Waals surface area (Å²) in [5.74, 6) is -1.22. The third-order valence-corrected chi connectivity index (χ3v) is 4.82. The number of nitrogens with one attached hydrogen (secondary N) is 1. The highest BCUT2D eigenvalue weighted by atomic mass is 16.7. The summed E-state index contributed by atoms with van der Waals surface area (Å²) in [7, 11) is 0. The fourth-order valence-electron chi connectivity index (χ4n) is 3.43. The molecule has 11 nitrogen and oxygen atoms in total. The summed E-state index contributed by atoms with van der Waals surface area (Å²) in [5, 5.41) is 12.5. The van der Waals surface area contributed by atoms with Crippen molar-refractivity contribution in [2.24, 2.45) is 0 Å². The van der Waals surface area contributed by atoms with Crippen LogP contribution in [0.4, 0.5) is 4.79 Å². The number of hydrogen-bond donors (Lipinski definition) is 2. The summed E-state index contributed by atoms with van der Waals surface area (Å²) in [5.41, 5.74) is 2.70. The van der Waals surface area contributed by atoms with Crippen LogP contribution in [-0.2, 0) is 9.59 Å². The highest BCUT2D eigenvalue weighted by Gasteiger charge is 2.44. The minimum Gasteiger partial charge on any atom is -0.480 e. The van der Waals surface area contributed by atoms with Crippen LogP contribution in [0.1, 0.15) is 29.6 Å². The van der Waals surface area contributed by atoms with E-state index in [9.17, 15) is 24.3 Å². The van der Waals surface area contributed by atoms with E-state index < -0.39 is 23.9 Å². The van der Waals surface area contributed by atoms with Crippen molar-refractivity contribution >= 4 is 23.8 Å². The molecular formula is C17H18N4O7. The normalized spacial score (nSPS) is 21.3. The number of aliphatic carboxylic acids is 1. The fourth-order valence-corrected chi connectivity index (χ4v) is 3.43. The fraction of sp³-hybridized carbons (Fsp3) is 0.412. The molecule has 1 aromatic rings. The van der Waals surface area contributed by atoms with Crippen LogP contribution in [0.3, 0.4) is 0 Å². The highest BCUT2D eigenvalue weighted by Crippen LogP contribution is 2.32. The number of hydrogen-bond acceptors (Lipinski definition) is 6. The number of fused-ring (bicyclic) bond motifs is 2. The summed E-state index contributed by atoms with van der Waals surface area (Å²) in [6.45, 7) is 0.264. The molecule has 11 heteroatoms. The van der Waals surface area contributed by atoms with Gasteiger partial charge in [-0.15, -0.1) is 0 Å². The van der Waals surface area contributed by atoms with Crippen LogP contribution in [0.5, 0.6) is 11.5 Å². The van der Waals surface area contributed by atoms with Crippen molar-refractivity contribution < 1.29 is 33.8 Å². The van der Waals surface area contributed by atoms with E-state index in [1.807, 2.05) is 0 Å². The van der Waals surface area contributed by atoms with Gasteiger partial charge in [0.2, 0.25) is 12.7 Å². The van der Waals surface area contributed by atoms with Crippen molar-refractivity contribution in [3.8, 4) is 11.5 Å². The lowest BCUT2D eigenvalue weighted by Gasteiger charge is -2.41. The van der Waals surface area contributed by atoms with Crippen molar-refractivity contribution in [3.63, 3.8) is 0 Å². The Morgan fingerprint density at radius 3 is 2.71 bits per heavy atom. The van der Waals surface area contributed by atoms with Crippen LogP contribution in [0.25, 0.3) is 0 Å². The molecule has 4 amide bonds. The third-order valence-electron chi connectivity index (χ3n) is 4.82. The molecule has 4 rings (SSSR count). The summed E-state index contributed by atoms with van der Waals surface area (Å²) in [6.07, 6.45) is 0.681. The van der Waals surface area contributed by atoms with Gasteiger partial charge in [-0.05, 0) is 31.0 Å². The number of benzene rings is 1. The number of hydrazine groups is 2. The lowest BCUT2D eigenvalue weighted by molar-refractivity contribution is -0.162. The lowest BCUT2D eigenvalue weighted by Crippen LogP contribution is -2.62. The third kappa shape index (κ3) is 3.04. The molecule has 0 spiro atoms. The zero-order valence-corrected chi connectivity index (χ0v) is 14.8. The van der Waals surface area contributed by atoms with E-state index >= 15 is 0 Å². The van der Waals surface area contributed by atoms with Gasteiger partial charge in [0.25, 0.3) is 5.91 Å². The van der Waals surface area contributed by atoms with E-state index in [-0.39, 0.29) is 44.2 Å². The molecule has 28 heavy (non-hydrogen) atoms. The van der Waals surface area contributed by atoms with Crippen LogP contribution in [-0.4, -0.2) is 69.9 Å². The maximum atomic E-state index is 12.9. The summed E-state index contributed by atoms with van der Waals surface area (Å²) in [4.78, 5) is 49.5. The predicted molar refractivity (Wildman–Crippen MR) is 91.0 cm³/mol. The first-order chi connectivity index (χ1) is 13.5. The Balaban J connectivity index is 1.55. The second-order valence-electron chi connectivity index (χ2n) is 6.55. The molecule has 1 aromatic carbocycles. The Hall–Kier alpha value is -3.50. The number of carbonyl (C=O) groups excluding carboxylic acids is 3. The molecule has 0 radical (unpaired) electrons. The number of nitrogens with zero attached hydrogens (tertiary/aromatic N) is 3. The van der Waals surface area contributed by atoms with Gasteiger partial charge >= 0.3 is 12.0 Å². The topological polar surface area (TPSA) is 129 Å². The number of urea groups is 1. The van der Waals surface area contributed by atoms with Crippen molar-refractivity contribution in [1.82, 2.24) is 20.5 Å². The molecule has 148 valence electrons. The van der Waals surface area contributed by atoms with Crippen molar-refractivity contribution in [1.29, 1.82) is 0 Å².